The molecule has 0 fully saturated rings. The first-order valence-electron chi connectivity index (χ1n) is 5.51. The lowest BCUT2D eigenvalue weighted by molar-refractivity contribution is -0.0360. The van der Waals surface area contributed by atoms with Gasteiger partial charge in [0, 0.05) is 5.54 Å². The fraction of sp³-hybridized carbons (Fsp3) is 1.00. The molecule has 1 unspecified atom stereocenters. The Morgan fingerprint density at radius 2 is 1.64 bits per heavy atom. The molecule has 0 saturated carbocycles. The Kier molecular flexibility index (Phi) is 5.10. The summed E-state index contributed by atoms with van der Waals surface area (Å²) in [6, 6.07) is 0. The molecule has 0 aliphatic carbocycles. The molecule has 0 aromatic rings. The van der Waals surface area contributed by atoms with Crippen LogP contribution >= 0.6 is 0 Å². The Hall–Kier alpha value is -0.0800. The van der Waals surface area contributed by atoms with E-state index >= 15 is 0 Å². The lowest BCUT2D eigenvalue weighted by Gasteiger charge is -2.34. The summed E-state index contributed by atoms with van der Waals surface area (Å²) in [5.41, 5.74) is 0.0521. The third kappa shape index (κ3) is 6.39. The van der Waals surface area contributed by atoms with Crippen LogP contribution in [0.5, 0.6) is 0 Å². The molecule has 0 saturated heterocycles. The summed E-state index contributed by atoms with van der Waals surface area (Å²) in [6.07, 6.45) is 1.14. The van der Waals surface area contributed by atoms with Crippen molar-refractivity contribution < 1.29 is 4.74 Å². The second-order valence-electron chi connectivity index (χ2n) is 5.81. The van der Waals surface area contributed by atoms with E-state index in [1.807, 2.05) is 7.05 Å². The Bertz CT molecular complexity index is 160. The van der Waals surface area contributed by atoms with E-state index < -0.39 is 0 Å². The molecule has 0 bridgehead atoms. The topological polar surface area (TPSA) is 21.3 Å². The first-order valence-corrected chi connectivity index (χ1v) is 5.51. The fourth-order valence-electron chi connectivity index (χ4n) is 1.51. The van der Waals surface area contributed by atoms with Gasteiger partial charge in [-0.3, -0.25) is 0 Å². The van der Waals surface area contributed by atoms with Crippen molar-refractivity contribution in [2.24, 2.45) is 5.92 Å². The first kappa shape index (κ1) is 13.9. The van der Waals surface area contributed by atoms with Crippen molar-refractivity contribution in [2.75, 3.05) is 13.7 Å². The highest BCUT2D eigenvalue weighted by molar-refractivity contribution is 4.83. The molecule has 0 aromatic heterocycles. The zero-order valence-electron chi connectivity index (χ0n) is 10.9. The average molecular weight is 201 g/mol. The predicted molar refractivity (Wildman–Crippen MR) is 62.6 cm³/mol. The van der Waals surface area contributed by atoms with Crippen molar-refractivity contribution in [3.63, 3.8) is 0 Å². The summed E-state index contributed by atoms with van der Waals surface area (Å²) >= 11 is 0. The van der Waals surface area contributed by atoms with Crippen molar-refractivity contribution >= 4 is 0 Å². The van der Waals surface area contributed by atoms with Crippen LogP contribution < -0.4 is 5.32 Å². The van der Waals surface area contributed by atoms with Gasteiger partial charge in [-0.05, 0) is 47.1 Å². The van der Waals surface area contributed by atoms with Crippen LogP contribution in [0.1, 0.15) is 48.0 Å². The molecule has 2 nitrogen and oxygen atoms in total. The zero-order chi connectivity index (χ0) is 11.4. The molecule has 0 amide bonds. The standard InChI is InChI=1S/C12H27NO/c1-10(2)8-12(6,13-7)9-14-11(3,4)5/h10,13H,8-9H2,1-7H3. The SMILES string of the molecule is CNC(C)(COC(C)(C)C)CC(C)C. The van der Waals surface area contributed by atoms with Gasteiger partial charge in [-0.2, -0.15) is 0 Å². The molecular weight excluding hydrogens is 174 g/mol. The van der Waals surface area contributed by atoms with Crippen molar-refractivity contribution in [1.82, 2.24) is 5.32 Å². The molecule has 2 heteroatoms. The molecule has 1 N–H and O–H groups in total. The van der Waals surface area contributed by atoms with Gasteiger partial charge in [0.05, 0.1) is 12.2 Å². The van der Waals surface area contributed by atoms with Gasteiger partial charge in [-0.1, -0.05) is 13.8 Å². The van der Waals surface area contributed by atoms with Gasteiger partial charge in [0.15, 0.2) is 0 Å². The Morgan fingerprint density at radius 3 is 1.93 bits per heavy atom. The van der Waals surface area contributed by atoms with Crippen molar-refractivity contribution in [3.8, 4) is 0 Å². The minimum atomic E-state index is -0.0465. The second-order valence-corrected chi connectivity index (χ2v) is 5.81. The smallest absolute Gasteiger partial charge is 0.0652 e. The number of nitrogens with one attached hydrogen (secondary N) is 1. The van der Waals surface area contributed by atoms with Gasteiger partial charge in [0.1, 0.15) is 0 Å². The summed E-state index contributed by atoms with van der Waals surface area (Å²) in [6.45, 7) is 13.8. The normalized spacial score (nSPS) is 17.1. The Balaban J connectivity index is 4.12. The molecule has 0 rings (SSSR count). The van der Waals surface area contributed by atoms with Crippen molar-refractivity contribution in [3.05, 3.63) is 0 Å². The molecule has 0 heterocycles. The van der Waals surface area contributed by atoms with E-state index in [0.717, 1.165) is 13.0 Å². The number of likely N-dealkylation sites (N-methyl/N-ethyl adjacent to an activating group) is 1. The quantitative estimate of drug-likeness (QED) is 0.738. The molecule has 86 valence electrons. The van der Waals surface area contributed by atoms with Gasteiger partial charge in [0.25, 0.3) is 0 Å². The fourth-order valence-corrected chi connectivity index (χ4v) is 1.51. The summed E-state index contributed by atoms with van der Waals surface area (Å²) < 4.78 is 5.82. The van der Waals surface area contributed by atoms with Crippen molar-refractivity contribution in [1.29, 1.82) is 0 Å². The van der Waals surface area contributed by atoms with Gasteiger partial charge in [-0.25, -0.2) is 0 Å². The van der Waals surface area contributed by atoms with E-state index in [0.29, 0.717) is 5.92 Å². The molecule has 0 aliphatic heterocycles. The highest BCUT2D eigenvalue weighted by Crippen LogP contribution is 2.19. The zero-order valence-corrected chi connectivity index (χ0v) is 10.9. The van der Waals surface area contributed by atoms with Gasteiger partial charge in [-0.15, -0.1) is 0 Å². The maximum atomic E-state index is 5.82. The lowest BCUT2D eigenvalue weighted by atomic mass is 9.91. The molecule has 0 radical (unpaired) electrons. The molecule has 0 aromatic carbocycles. The van der Waals surface area contributed by atoms with Crippen LogP contribution in [0, 0.1) is 5.92 Å². The molecule has 0 aliphatic rings. The van der Waals surface area contributed by atoms with Crippen LogP contribution in [-0.2, 0) is 4.74 Å². The summed E-state index contributed by atoms with van der Waals surface area (Å²) in [4.78, 5) is 0. The highest BCUT2D eigenvalue weighted by atomic mass is 16.5. The monoisotopic (exact) mass is 201 g/mol. The Labute approximate surface area is 89.4 Å². The maximum Gasteiger partial charge on any atom is 0.0652 e. The van der Waals surface area contributed by atoms with Gasteiger partial charge in [0.2, 0.25) is 0 Å². The minimum Gasteiger partial charge on any atom is -0.374 e. The summed E-state index contributed by atoms with van der Waals surface area (Å²) in [5.74, 6) is 0.691. The second kappa shape index (κ2) is 5.13. The minimum absolute atomic E-state index is 0.0465. The van der Waals surface area contributed by atoms with E-state index in [-0.39, 0.29) is 11.1 Å². The third-order valence-corrected chi connectivity index (χ3v) is 2.29. The van der Waals surface area contributed by atoms with Crippen LogP contribution in [0.2, 0.25) is 0 Å². The molecule has 0 spiro atoms. The number of hydrogen-bond donors (Lipinski definition) is 1. The van der Waals surface area contributed by atoms with E-state index in [1.165, 1.54) is 0 Å². The predicted octanol–water partition coefficient (Wildman–Crippen LogP) is 2.83. The van der Waals surface area contributed by atoms with E-state index in [1.54, 1.807) is 0 Å². The maximum absolute atomic E-state index is 5.82. The molecular formula is C12H27NO. The van der Waals surface area contributed by atoms with Crippen LogP contribution in [-0.4, -0.2) is 24.8 Å². The third-order valence-electron chi connectivity index (χ3n) is 2.29. The summed E-state index contributed by atoms with van der Waals surface area (Å²) in [7, 11) is 2.01. The lowest BCUT2D eigenvalue weighted by Crippen LogP contribution is -2.47. The molecule has 1 atom stereocenters. The van der Waals surface area contributed by atoms with Crippen molar-refractivity contribution in [2.45, 2.75) is 59.1 Å². The van der Waals surface area contributed by atoms with Crippen LogP contribution in [0.15, 0.2) is 0 Å². The van der Waals surface area contributed by atoms with Crippen LogP contribution in [0.4, 0.5) is 0 Å². The van der Waals surface area contributed by atoms with Crippen LogP contribution in [0.25, 0.3) is 0 Å². The number of ether oxygens (including phenoxy) is 1. The van der Waals surface area contributed by atoms with Gasteiger partial charge >= 0.3 is 0 Å². The molecule has 14 heavy (non-hydrogen) atoms. The first-order chi connectivity index (χ1) is 6.18. The highest BCUT2D eigenvalue weighted by Gasteiger charge is 2.25. The Morgan fingerprint density at radius 1 is 1.14 bits per heavy atom. The largest absolute Gasteiger partial charge is 0.374 e. The summed E-state index contributed by atoms with van der Waals surface area (Å²) in [5, 5.41) is 3.36. The van der Waals surface area contributed by atoms with E-state index in [2.05, 4.69) is 46.9 Å². The van der Waals surface area contributed by atoms with E-state index in [4.69, 9.17) is 4.74 Å². The van der Waals surface area contributed by atoms with Crippen LogP contribution in [0.3, 0.4) is 0 Å². The number of hydrogen-bond acceptors (Lipinski definition) is 2. The number of rotatable bonds is 5. The average Bonchev–Trinajstić information content (AvgIpc) is 1.99. The van der Waals surface area contributed by atoms with E-state index in [9.17, 15) is 0 Å². The van der Waals surface area contributed by atoms with Gasteiger partial charge < -0.3 is 10.1 Å².